The first-order chi connectivity index (χ1) is 10.3. The molecule has 1 aromatic carbocycles. The van der Waals surface area contributed by atoms with Gasteiger partial charge in [-0.2, -0.15) is 0 Å². The zero-order valence-electron chi connectivity index (χ0n) is 12.2. The van der Waals surface area contributed by atoms with Crippen molar-refractivity contribution in [3.8, 4) is 0 Å². The van der Waals surface area contributed by atoms with Gasteiger partial charge in [-0.1, -0.05) is 31.2 Å². The van der Waals surface area contributed by atoms with E-state index < -0.39 is 0 Å². The number of hydrogen-bond acceptors (Lipinski definition) is 3. The lowest BCUT2D eigenvalue weighted by atomic mass is 10.1. The number of imidazole rings is 1. The zero-order chi connectivity index (χ0) is 14.7. The molecule has 2 aromatic heterocycles. The molecule has 0 aliphatic carbocycles. The van der Waals surface area contributed by atoms with Crippen LogP contribution < -0.4 is 10.6 Å². The molecule has 0 bridgehead atoms. The van der Waals surface area contributed by atoms with E-state index >= 15 is 0 Å². The third kappa shape index (κ3) is 2.70. The molecule has 0 amide bonds. The summed E-state index contributed by atoms with van der Waals surface area (Å²) < 4.78 is 2.12. The topological polar surface area (TPSA) is 46.6 Å². The largest absolute Gasteiger partial charge is 0.398 e. The number of aromatic nitrogens is 2. The number of hydrogen-bond donors (Lipinski definition) is 1. The molecule has 0 fully saturated rings. The van der Waals surface area contributed by atoms with Gasteiger partial charge in [0.1, 0.15) is 11.5 Å². The van der Waals surface area contributed by atoms with E-state index in [1.54, 1.807) is 0 Å². The highest BCUT2D eigenvalue weighted by atomic mass is 15.2. The minimum Gasteiger partial charge on any atom is -0.398 e. The van der Waals surface area contributed by atoms with Crippen LogP contribution in [0.1, 0.15) is 18.9 Å². The van der Waals surface area contributed by atoms with Gasteiger partial charge in [0.2, 0.25) is 0 Å². The fraction of sp³-hybridized carbons (Fsp3) is 0.235. The van der Waals surface area contributed by atoms with Gasteiger partial charge >= 0.3 is 0 Å². The molecule has 0 saturated carbocycles. The van der Waals surface area contributed by atoms with Crippen LogP contribution in [0.3, 0.4) is 0 Å². The average Bonchev–Trinajstić information content (AvgIpc) is 2.97. The molecule has 0 saturated heterocycles. The van der Waals surface area contributed by atoms with Gasteiger partial charge in [-0.05, 0) is 30.2 Å². The molecule has 0 aliphatic rings. The Morgan fingerprint density at radius 1 is 1.14 bits per heavy atom. The summed E-state index contributed by atoms with van der Waals surface area (Å²) in [6.45, 7) is 3.97. The van der Waals surface area contributed by atoms with Crippen molar-refractivity contribution in [1.82, 2.24) is 9.38 Å². The molecule has 108 valence electrons. The van der Waals surface area contributed by atoms with Crippen LogP contribution in [0.5, 0.6) is 0 Å². The van der Waals surface area contributed by atoms with Gasteiger partial charge in [-0.3, -0.25) is 4.40 Å². The van der Waals surface area contributed by atoms with Crippen LogP contribution in [0, 0.1) is 0 Å². The lowest BCUT2D eigenvalue weighted by Crippen LogP contribution is -2.25. The average molecular weight is 280 g/mol. The first kappa shape index (κ1) is 13.5. The molecule has 3 rings (SSSR count). The van der Waals surface area contributed by atoms with E-state index in [0.717, 1.165) is 42.2 Å². The van der Waals surface area contributed by atoms with E-state index in [9.17, 15) is 0 Å². The number of fused-ring (bicyclic) bond motifs is 1. The summed E-state index contributed by atoms with van der Waals surface area (Å²) >= 11 is 0. The van der Waals surface area contributed by atoms with Gasteiger partial charge in [0, 0.05) is 31.2 Å². The third-order valence-corrected chi connectivity index (χ3v) is 3.64. The van der Waals surface area contributed by atoms with Gasteiger partial charge < -0.3 is 10.6 Å². The summed E-state index contributed by atoms with van der Waals surface area (Å²) in [6.07, 6.45) is 4.92. The van der Waals surface area contributed by atoms with Gasteiger partial charge in [0.05, 0.1) is 0 Å². The van der Waals surface area contributed by atoms with Crippen molar-refractivity contribution in [2.45, 2.75) is 19.9 Å². The Morgan fingerprint density at radius 3 is 2.81 bits per heavy atom. The summed E-state index contributed by atoms with van der Waals surface area (Å²) in [6, 6.07) is 14.2. The van der Waals surface area contributed by atoms with Crippen molar-refractivity contribution in [2.75, 3.05) is 17.2 Å². The maximum atomic E-state index is 6.09. The lowest BCUT2D eigenvalue weighted by molar-refractivity contribution is 0.749. The number of benzene rings is 1. The SMILES string of the molecule is CCCN(Cc1ccccc1N)c1cccc2nccn12. The molecule has 3 aromatic rings. The Bertz CT molecular complexity index is 732. The van der Waals surface area contributed by atoms with Gasteiger partial charge in [0.25, 0.3) is 0 Å². The summed E-state index contributed by atoms with van der Waals surface area (Å²) in [7, 11) is 0. The maximum Gasteiger partial charge on any atom is 0.138 e. The number of anilines is 2. The Morgan fingerprint density at radius 2 is 2.00 bits per heavy atom. The Hall–Kier alpha value is -2.49. The van der Waals surface area contributed by atoms with E-state index in [0.29, 0.717) is 0 Å². The molecule has 2 N–H and O–H groups in total. The molecular weight excluding hydrogens is 260 g/mol. The van der Waals surface area contributed by atoms with E-state index in [1.165, 1.54) is 0 Å². The van der Waals surface area contributed by atoms with Crippen molar-refractivity contribution in [1.29, 1.82) is 0 Å². The summed E-state index contributed by atoms with van der Waals surface area (Å²) in [5, 5.41) is 0. The Balaban J connectivity index is 1.98. The monoisotopic (exact) mass is 280 g/mol. The van der Waals surface area contributed by atoms with Crippen molar-refractivity contribution >= 4 is 17.2 Å². The maximum absolute atomic E-state index is 6.09. The summed E-state index contributed by atoms with van der Waals surface area (Å²) in [4.78, 5) is 6.71. The molecule has 0 radical (unpaired) electrons. The molecule has 21 heavy (non-hydrogen) atoms. The molecule has 0 unspecified atom stereocenters. The van der Waals surface area contributed by atoms with Crippen molar-refractivity contribution < 1.29 is 0 Å². The first-order valence-electron chi connectivity index (χ1n) is 7.30. The number of nitrogens with zero attached hydrogens (tertiary/aromatic N) is 3. The molecular formula is C17H20N4. The highest BCUT2D eigenvalue weighted by Gasteiger charge is 2.11. The molecule has 4 nitrogen and oxygen atoms in total. The fourth-order valence-electron chi connectivity index (χ4n) is 2.62. The summed E-state index contributed by atoms with van der Waals surface area (Å²) in [5.74, 6) is 1.15. The van der Waals surface area contributed by atoms with E-state index in [-0.39, 0.29) is 0 Å². The quantitative estimate of drug-likeness (QED) is 0.729. The van der Waals surface area contributed by atoms with Crippen LogP contribution in [-0.2, 0) is 6.54 Å². The number of nitrogen functional groups attached to an aromatic ring is 1. The second-order valence-corrected chi connectivity index (χ2v) is 5.16. The second-order valence-electron chi connectivity index (χ2n) is 5.16. The number of nitrogens with two attached hydrogens (primary N) is 1. The van der Waals surface area contributed by atoms with Crippen LogP contribution >= 0.6 is 0 Å². The van der Waals surface area contributed by atoms with E-state index in [4.69, 9.17) is 5.73 Å². The molecule has 4 heteroatoms. The fourth-order valence-corrected chi connectivity index (χ4v) is 2.62. The standard InChI is InChI=1S/C17H20N4/c1-2-11-20(13-14-6-3-4-7-15(14)18)17-9-5-8-16-19-10-12-21(16)17/h3-10,12H,2,11,13,18H2,1H3. The molecule has 0 atom stereocenters. The molecule has 0 aliphatic heterocycles. The Labute approximate surface area is 124 Å². The minimum atomic E-state index is 0.803. The second kappa shape index (κ2) is 5.87. The number of pyridine rings is 1. The highest BCUT2D eigenvalue weighted by Crippen LogP contribution is 2.21. The van der Waals surface area contributed by atoms with Crippen LogP contribution in [-0.4, -0.2) is 15.9 Å². The predicted octanol–water partition coefficient (Wildman–Crippen LogP) is 3.33. The summed E-state index contributed by atoms with van der Waals surface area (Å²) in [5.41, 5.74) is 9.06. The predicted molar refractivity (Wildman–Crippen MR) is 87.4 cm³/mol. The van der Waals surface area contributed by atoms with E-state index in [1.807, 2.05) is 36.7 Å². The van der Waals surface area contributed by atoms with Crippen LogP contribution in [0.25, 0.3) is 5.65 Å². The van der Waals surface area contributed by atoms with Crippen LogP contribution in [0.2, 0.25) is 0 Å². The normalized spacial score (nSPS) is 10.9. The smallest absolute Gasteiger partial charge is 0.138 e. The Kier molecular flexibility index (Phi) is 3.77. The highest BCUT2D eigenvalue weighted by molar-refractivity contribution is 5.54. The number of para-hydroxylation sites is 1. The third-order valence-electron chi connectivity index (χ3n) is 3.64. The van der Waals surface area contributed by atoms with Crippen molar-refractivity contribution in [3.05, 3.63) is 60.4 Å². The molecule has 0 spiro atoms. The van der Waals surface area contributed by atoms with Gasteiger partial charge in [-0.25, -0.2) is 4.98 Å². The zero-order valence-corrected chi connectivity index (χ0v) is 12.2. The van der Waals surface area contributed by atoms with E-state index in [2.05, 4.69) is 39.4 Å². The lowest BCUT2D eigenvalue weighted by Gasteiger charge is -2.26. The van der Waals surface area contributed by atoms with Crippen molar-refractivity contribution in [2.24, 2.45) is 0 Å². The van der Waals surface area contributed by atoms with Crippen molar-refractivity contribution in [3.63, 3.8) is 0 Å². The first-order valence-corrected chi connectivity index (χ1v) is 7.30. The van der Waals surface area contributed by atoms with Crippen LogP contribution in [0.4, 0.5) is 11.5 Å². The molecule has 2 heterocycles. The minimum absolute atomic E-state index is 0.803. The van der Waals surface area contributed by atoms with Gasteiger partial charge in [0.15, 0.2) is 0 Å². The van der Waals surface area contributed by atoms with Gasteiger partial charge in [-0.15, -0.1) is 0 Å². The number of rotatable bonds is 5. The van der Waals surface area contributed by atoms with Crippen LogP contribution in [0.15, 0.2) is 54.9 Å².